The van der Waals surface area contributed by atoms with Gasteiger partial charge in [0.2, 0.25) is 5.91 Å². The maximum Gasteiger partial charge on any atom is 0.244 e. The number of rotatable bonds is 8. The molecule has 1 atom stereocenters. The molecule has 0 aliphatic carbocycles. The molecule has 0 aliphatic heterocycles. The van der Waals surface area contributed by atoms with Crippen molar-refractivity contribution in [2.24, 2.45) is 0 Å². The van der Waals surface area contributed by atoms with Gasteiger partial charge in [0.05, 0.1) is 26.3 Å². The molecule has 0 saturated heterocycles. The molecule has 2 aromatic carbocycles. The molecule has 30 heavy (non-hydrogen) atoms. The second-order valence-electron chi connectivity index (χ2n) is 7.65. The first-order valence-electron chi connectivity index (χ1n) is 10.0. The van der Waals surface area contributed by atoms with E-state index in [0.29, 0.717) is 11.7 Å². The van der Waals surface area contributed by atoms with Crippen LogP contribution in [0.15, 0.2) is 66.7 Å². The van der Waals surface area contributed by atoms with Gasteiger partial charge in [0, 0.05) is 11.6 Å². The van der Waals surface area contributed by atoms with Crippen molar-refractivity contribution in [3.63, 3.8) is 0 Å². The molecule has 0 fully saturated rings. The van der Waals surface area contributed by atoms with E-state index in [0.717, 1.165) is 28.9 Å². The van der Waals surface area contributed by atoms with Crippen LogP contribution in [0.4, 0.5) is 0 Å². The number of likely N-dealkylation sites (N-methyl/N-ethyl adjacent to an activating group) is 1. The van der Waals surface area contributed by atoms with Gasteiger partial charge in [-0.3, -0.25) is 4.79 Å². The molecule has 0 saturated carbocycles. The van der Waals surface area contributed by atoms with Crippen LogP contribution >= 0.6 is 11.6 Å². The number of aryl methyl sites for hydroxylation is 1. The van der Waals surface area contributed by atoms with Crippen LogP contribution in [0.1, 0.15) is 28.4 Å². The standard InChI is InChI=1S/C24H27ClN4O/c1-18-21(24(25)29(27-18)16-19-10-6-4-7-11-19)14-15-23(30)26-22(17-28(2)3)20-12-8-5-9-13-20/h4-15,22H,16-17H2,1-3H3,(H,26,30)/p+1/b15-14+/t22-/m0/s1. The summed E-state index contributed by atoms with van der Waals surface area (Å²) in [6.07, 6.45) is 3.27. The Labute approximate surface area is 183 Å². The molecule has 0 aliphatic rings. The van der Waals surface area contributed by atoms with E-state index in [2.05, 4.69) is 24.5 Å². The predicted octanol–water partition coefficient (Wildman–Crippen LogP) is 2.91. The Hall–Kier alpha value is -2.89. The van der Waals surface area contributed by atoms with Crippen LogP contribution in [0.2, 0.25) is 5.15 Å². The summed E-state index contributed by atoms with van der Waals surface area (Å²) in [4.78, 5) is 13.9. The zero-order chi connectivity index (χ0) is 21.5. The highest BCUT2D eigenvalue weighted by molar-refractivity contribution is 6.31. The van der Waals surface area contributed by atoms with E-state index in [9.17, 15) is 4.79 Å². The van der Waals surface area contributed by atoms with Gasteiger partial charge in [0.1, 0.15) is 17.7 Å². The maximum absolute atomic E-state index is 12.6. The third-order valence-corrected chi connectivity index (χ3v) is 5.22. The Morgan fingerprint density at radius 2 is 1.77 bits per heavy atom. The van der Waals surface area contributed by atoms with Crippen molar-refractivity contribution < 1.29 is 9.69 Å². The van der Waals surface area contributed by atoms with Crippen molar-refractivity contribution in [1.29, 1.82) is 0 Å². The fraction of sp³-hybridized carbons (Fsp3) is 0.250. The molecule has 0 unspecified atom stereocenters. The number of amides is 1. The first-order chi connectivity index (χ1) is 14.4. The Morgan fingerprint density at radius 1 is 1.13 bits per heavy atom. The quantitative estimate of drug-likeness (QED) is 0.547. The minimum absolute atomic E-state index is 0.0641. The molecule has 1 amide bonds. The average Bonchev–Trinajstić information content (AvgIpc) is 2.99. The largest absolute Gasteiger partial charge is 0.340 e. The normalized spacial score (nSPS) is 12.4. The van der Waals surface area contributed by atoms with E-state index in [4.69, 9.17) is 11.6 Å². The number of nitrogens with zero attached hydrogens (tertiary/aromatic N) is 2. The van der Waals surface area contributed by atoms with Gasteiger partial charge < -0.3 is 10.2 Å². The van der Waals surface area contributed by atoms with Crippen LogP contribution in [0.25, 0.3) is 6.08 Å². The Morgan fingerprint density at radius 3 is 2.40 bits per heavy atom. The van der Waals surface area contributed by atoms with Crippen molar-refractivity contribution in [3.05, 3.63) is 94.3 Å². The van der Waals surface area contributed by atoms with Crippen LogP contribution in [-0.4, -0.2) is 36.3 Å². The molecule has 2 N–H and O–H groups in total. The third kappa shape index (κ3) is 5.81. The zero-order valence-corrected chi connectivity index (χ0v) is 18.4. The summed E-state index contributed by atoms with van der Waals surface area (Å²) in [7, 11) is 4.14. The fourth-order valence-corrected chi connectivity index (χ4v) is 3.64. The highest BCUT2D eigenvalue weighted by Gasteiger charge is 2.17. The smallest absolute Gasteiger partial charge is 0.244 e. The van der Waals surface area contributed by atoms with Gasteiger partial charge in [-0.25, -0.2) is 4.68 Å². The average molecular weight is 424 g/mol. The van der Waals surface area contributed by atoms with Gasteiger partial charge in [-0.05, 0) is 24.1 Å². The van der Waals surface area contributed by atoms with Gasteiger partial charge in [-0.2, -0.15) is 5.10 Å². The van der Waals surface area contributed by atoms with Crippen LogP contribution in [0.5, 0.6) is 0 Å². The minimum Gasteiger partial charge on any atom is -0.340 e. The number of aromatic nitrogens is 2. The molecular weight excluding hydrogens is 396 g/mol. The van der Waals surface area contributed by atoms with Crippen molar-refractivity contribution in [3.8, 4) is 0 Å². The summed E-state index contributed by atoms with van der Waals surface area (Å²) in [6, 6.07) is 20.0. The van der Waals surface area contributed by atoms with E-state index < -0.39 is 0 Å². The van der Waals surface area contributed by atoms with Crippen molar-refractivity contribution in [1.82, 2.24) is 15.1 Å². The highest BCUT2D eigenvalue weighted by Crippen LogP contribution is 2.22. The van der Waals surface area contributed by atoms with E-state index in [1.807, 2.05) is 67.6 Å². The van der Waals surface area contributed by atoms with Gasteiger partial charge in [-0.1, -0.05) is 72.3 Å². The van der Waals surface area contributed by atoms with Gasteiger partial charge in [-0.15, -0.1) is 0 Å². The van der Waals surface area contributed by atoms with E-state index in [-0.39, 0.29) is 11.9 Å². The van der Waals surface area contributed by atoms with Crippen molar-refractivity contribution in [2.75, 3.05) is 20.6 Å². The molecular formula is C24H28ClN4O+. The molecule has 156 valence electrons. The molecule has 5 nitrogen and oxygen atoms in total. The molecule has 3 rings (SSSR count). The first kappa shape index (κ1) is 21.8. The molecule has 0 bridgehead atoms. The van der Waals surface area contributed by atoms with Gasteiger partial charge in [0.25, 0.3) is 0 Å². The minimum atomic E-state index is -0.156. The molecule has 3 aromatic rings. The van der Waals surface area contributed by atoms with Crippen molar-refractivity contribution in [2.45, 2.75) is 19.5 Å². The molecule has 1 aromatic heterocycles. The Bertz CT molecular complexity index is 997. The summed E-state index contributed by atoms with van der Waals surface area (Å²) < 4.78 is 1.76. The third-order valence-electron chi connectivity index (χ3n) is 4.82. The van der Waals surface area contributed by atoms with Crippen LogP contribution in [0.3, 0.4) is 0 Å². The van der Waals surface area contributed by atoms with Gasteiger partial charge in [0.15, 0.2) is 0 Å². The monoisotopic (exact) mass is 423 g/mol. The molecule has 0 radical (unpaired) electrons. The topological polar surface area (TPSA) is 51.4 Å². The Balaban J connectivity index is 1.72. The van der Waals surface area contributed by atoms with Crippen molar-refractivity contribution >= 4 is 23.6 Å². The number of carbonyl (C=O) groups is 1. The van der Waals surface area contributed by atoms with E-state index >= 15 is 0 Å². The number of carbonyl (C=O) groups excluding carboxylic acids is 1. The van der Waals surface area contributed by atoms with E-state index in [1.54, 1.807) is 10.8 Å². The van der Waals surface area contributed by atoms with Crippen LogP contribution in [0, 0.1) is 6.92 Å². The summed E-state index contributed by atoms with van der Waals surface area (Å²) >= 11 is 6.55. The van der Waals surface area contributed by atoms with Crippen LogP contribution < -0.4 is 10.2 Å². The van der Waals surface area contributed by atoms with Crippen LogP contribution in [-0.2, 0) is 11.3 Å². The predicted molar refractivity (Wildman–Crippen MR) is 122 cm³/mol. The number of benzene rings is 2. The lowest BCUT2D eigenvalue weighted by Gasteiger charge is -2.20. The summed E-state index contributed by atoms with van der Waals surface area (Å²) in [6.45, 7) is 3.27. The summed E-state index contributed by atoms with van der Waals surface area (Å²) in [5, 5.41) is 8.16. The highest BCUT2D eigenvalue weighted by atomic mass is 35.5. The summed E-state index contributed by atoms with van der Waals surface area (Å²) in [5.74, 6) is -0.156. The maximum atomic E-state index is 12.6. The lowest BCUT2D eigenvalue weighted by atomic mass is 10.1. The lowest BCUT2D eigenvalue weighted by Crippen LogP contribution is -3.06. The lowest BCUT2D eigenvalue weighted by molar-refractivity contribution is -0.860. The molecule has 1 heterocycles. The number of hydrogen-bond donors (Lipinski definition) is 2. The zero-order valence-electron chi connectivity index (χ0n) is 17.6. The Kier molecular flexibility index (Phi) is 7.44. The summed E-state index contributed by atoms with van der Waals surface area (Å²) in [5.41, 5.74) is 3.76. The van der Waals surface area contributed by atoms with Gasteiger partial charge >= 0.3 is 0 Å². The molecule has 0 spiro atoms. The van der Waals surface area contributed by atoms with E-state index in [1.165, 1.54) is 11.0 Å². The second kappa shape index (κ2) is 10.2. The number of quaternary nitrogens is 1. The number of halogens is 1. The number of hydrogen-bond acceptors (Lipinski definition) is 2. The second-order valence-corrected chi connectivity index (χ2v) is 8.01. The fourth-order valence-electron chi connectivity index (χ4n) is 3.34. The number of nitrogens with one attached hydrogen (secondary N) is 2. The first-order valence-corrected chi connectivity index (χ1v) is 10.4. The molecule has 6 heteroatoms. The SMILES string of the molecule is Cc1nn(Cc2ccccc2)c(Cl)c1/C=C/C(=O)N[C@@H](C[NH+](C)C)c1ccccc1.